The van der Waals surface area contributed by atoms with Crippen LogP contribution in [0.1, 0.15) is 28.4 Å². The highest BCUT2D eigenvalue weighted by Gasteiger charge is 2.37. The number of hydrogen-bond donors (Lipinski definition) is 1. The van der Waals surface area contributed by atoms with Crippen LogP contribution in [0.3, 0.4) is 0 Å². The number of halogens is 5. The van der Waals surface area contributed by atoms with Gasteiger partial charge in [-0.05, 0) is 72.1 Å². The number of ether oxygens (including phenoxy) is 1. The van der Waals surface area contributed by atoms with Crippen LogP contribution in [-0.4, -0.2) is 22.5 Å². The molecule has 4 aromatic rings. The van der Waals surface area contributed by atoms with E-state index in [4.69, 9.17) is 16.3 Å². The van der Waals surface area contributed by atoms with Crippen molar-refractivity contribution in [3.05, 3.63) is 98.6 Å². The number of aromatic amines is 1. The van der Waals surface area contributed by atoms with Crippen molar-refractivity contribution in [3.63, 3.8) is 0 Å². The Morgan fingerprint density at radius 3 is 2.44 bits per heavy atom. The van der Waals surface area contributed by atoms with E-state index in [-0.39, 0.29) is 0 Å². The summed E-state index contributed by atoms with van der Waals surface area (Å²) in [5, 5.41) is 1.52. The second-order valence-electron chi connectivity index (χ2n) is 7.99. The summed E-state index contributed by atoms with van der Waals surface area (Å²) in [7, 11) is 0. The fourth-order valence-corrected chi connectivity index (χ4v) is 4.81. The Hall–Kier alpha value is -2.97. The van der Waals surface area contributed by atoms with Gasteiger partial charge in [0.25, 0.3) is 0 Å². The number of amides is 1. The zero-order chi connectivity index (χ0) is 24.0. The third-order valence-corrected chi connectivity index (χ3v) is 6.64. The Morgan fingerprint density at radius 2 is 1.76 bits per heavy atom. The monoisotopic (exact) mass is 548 g/mol. The molecule has 3 aromatic carbocycles. The number of H-pyrrole nitrogens is 1. The lowest BCUT2D eigenvalue weighted by atomic mass is 9.92. The first-order chi connectivity index (χ1) is 16.2. The van der Waals surface area contributed by atoms with Crippen LogP contribution in [0.2, 0.25) is 5.02 Å². The van der Waals surface area contributed by atoms with Gasteiger partial charge >= 0.3 is 12.3 Å². The number of hydrogen-bond acceptors (Lipinski definition) is 2. The van der Waals surface area contributed by atoms with Gasteiger partial charge in [0.2, 0.25) is 0 Å². The fourth-order valence-electron chi connectivity index (χ4n) is 4.32. The highest BCUT2D eigenvalue weighted by Crippen LogP contribution is 2.40. The molecule has 174 valence electrons. The molecule has 1 N–H and O–H groups in total. The average molecular weight is 550 g/mol. The lowest BCUT2D eigenvalue weighted by molar-refractivity contribution is -0.137. The molecule has 0 aliphatic carbocycles. The molecule has 0 spiro atoms. The molecule has 1 aliphatic heterocycles. The van der Waals surface area contributed by atoms with Crippen LogP contribution < -0.4 is 4.74 Å². The maximum absolute atomic E-state index is 13.2. The number of fused-ring (bicyclic) bond motifs is 3. The molecule has 0 bridgehead atoms. The van der Waals surface area contributed by atoms with E-state index in [9.17, 15) is 18.0 Å². The van der Waals surface area contributed by atoms with Crippen LogP contribution in [0, 0.1) is 0 Å². The van der Waals surface area contributed by atoms with Crippen LogP contribution in [0.5, 0.6) is 5.75 Å². The molecule has 1 atom stereocenters. The number of carbonyl (C=O) groups excluding carboxylic acids is 1. The molecule has 4 nitrogen and oxygen atoms in total. The first-order valence-corrected chi connectivity index (χ1v) is 11.6. The van der Waals surface area contributed by atoms with Crippen molar-refractivity contribution in [2.24, 2.45) is 0 Å². The average Bonchev–Trinajstić information content (AvgIpc) is 3.17. The lowest BCUT2D eigenvalue weighted by Crippen LogP contribution is -2.42. The van der Waals surface area contributed by atoms with E-state index in [0.717, 1.165) is 38.8 Å². The Morgan fingerprint density at radius 1 is 1.06 bits per heavy atom. The Labute approximate surface area is 206 Å². The van der Waals surface area contributed by atoms with Crippen molar-refractivity contribution in [2.45, 2.75) is 18.6 Å². The summed E-state index contributed by atoms with van der Waals surface area (Å²) in [5.74, 6) is 0.326. The number of alkyl halides is 3. The quantitative estimate of drug-likeness (QED) is 0.278. The first kappa shape index (κ1) is 22.8. The number of carbonyl (C=O) groups is 1. The normalized spacial score (nSPS) is 15.9. The van der Waals surface area contributed by atoms with Crippen molar-refractivity contribution in [1.29, 1.82) is 0 Å². The van der Waals surface area contributed by atoms with E-state index in [2.05, 4.69) is 20.9 Å². The predicted octanol–water partition coefficient (Wildman–Crippen LogP) is 7.75. The molecule has 9 heteroatoms. The molecule has 0 saturated heterocycles. The van der Waals surface area contributed by atoms with Crippen LogP contribution in [-0.2, 0) is 12.6 Å². The van der Waals surface area contributed by atoms with E-state index in [1.807, 2.05) is 18.2 Å². The number of benzene rings is 3. The Kier molecular flexibility index (Phi) is 5.81. The van der Waals surface area contributed by atoms with Gasteiger partial charge in [-0.1, -0.05) is 39.7 Å². The summed E-state index contributed by atoms with van der Waals surface area (Å²) < 4.78 is 45.9. The minimum Gasteiger partial charge on any atom is -0.410 e. The molecular formula is C25H17BrClF3N2O2. The molecule has 0 radical (unpaired) electrons. The maximum Gasteiger partial charge on any atom is 0.416 e. The molecule has 0 saturated carbocycles. The van der Waals surface area contributed by atoms with Gasteiger partial charge in [-0.25, -0.2) is 4.79 Å². The standard InChI is InChI=1S/C25H17BrClF3N2O2/c26-16-5-10-21-20(13-16)19-11-12-32(24(33)34-18-8-6-17(27)7-9-18)23(22(19)31-21)14-1-3-15(4-2-14)25(28,29)30/h1-10,13,23,31H,11-12H2. The number of nitrogens with zero attached hydrogens (tertiary/aromatic N) is 1. The first-order valence-electron chi connectivity index (χ1n) is 10.4. The third kappa shape index (κ3) is 4.28. The van der Waals surface area contributed by atoms with Gasteiger partial charge in [-0.2, -0.15) is 13.2 Å². The number of rotatable bonds is 2. The van der Waals surface area contributed by atoms with Gasteiger partial charge in [0.1, 0.15) is 11.8 Å². The van der Waals surface area contributed by atoms with E-state index >= 15 is 0 Å². The molecule has 0 fully saturated rings. The van der Waals surface area contributed by atoms with Gasteiger partial charge in [-0.15, -0.1) is 0 Å². The Balaban J connectivity index is 1.57. The number of aromatic nitrogens is 1. The van der Waals surface area contributed by atoms with Crippen molar-refractivity contribution < 1.29 is 22.7 Å². The van der Waals surface area contributed by atoms with Crippen molar-refractivity contribution >= 4 is 44.5 Å². The summed E-state index contributed by atoms with van der Waals surface area (Å²) in [6.07, 6.45) is -4.48. The SMILES string of the molecule is O=C(Oc1ccc(Cl)cc1)N1CCc2c([nH]c3ccc(Br)cc23)C1c1ccc(C(F)(F)F)cc1. The van der Waals surface area contributed by atoms with E-state index in [1.54, 1.807) is 24.3 Å². The highest BCUT2D eigenvalue weighted by atomic mass is 79.9. The van der Waals surface area contributed by atoms with E-state index < -0.39 is 23.9 Å². The zero-order valence-electron chi connectivity index (χ0n) is 17.5. The minimum absolute atomic E-state index is 0.326. The molecular weight excluding hydrogens is 533 g/mol. The van der Waals surface area contributed by atoms with Crippen molar-refractivity contribution in [1.82, 2.24) is 9.88 Å². The van der Waals surface area contributed by atoms with Gasteiger partial charge in [0, 0.05) is 32.6 Å². The molecule has 1 aliphatic rings. The Bertz CT molecular complexity index is 1370. The maximum atomic E-state index is 13.2. The highest BCUT2D eigenvalue weighted by molar-refractivity contribution is 9.10. The molecule has 34 heavy (non-hydrogen) atoms. The van der Waals surface area contributed by atoms with Gasteiger partial charge in [0.05, 0.1) is 5.56 Å². The van der Waals surface area contributed by atoms with E-state index in [0.29, 0.717) is 29.3 Å². The molecule has 5 rings (SSSR count). The second kappa shape index (κ2) is 8.67. The van der Waals surface area contributed by atoms with Gasteiger partial charge in [0.15, 0.2) is 0 Å². The topological polar surface area (TPSA) is 45.3 Å². The molecule has 1 amide bonds. The largest absolute Gasteiger partial charge is 0.416 e. The molecule has 2 heterocycles. The summed E-state index contributed by atoms with van der Waals surface area (Å²) in [5.41, 5.74) is 2.47. The van der Waals surface area contributed by atoms with Crippen molar-refractivity contribution in [3.8, 4) is 5.75 Å². The van der Waals surface area contributed by atoms with Crippen molar-refractivity contribution in [2.75, 3.05) is 6.54 Å². The van der Waals surface area contributed by atoms with Gasteiger partial charge < -0.3 is 9.72 Å². The second-order valence-corrected chi connectivity index (χ2v) is 9.35. The van der Waals surface area contributed by atoms with Crippen LogP contribution >= 0.6 is 27.5 Å². The summed E-state index contributed by atoms with van der Waals surface area (Å²) >= 11 is 9.41. The lowest BCUT2D eigenvalue weighted by Gasteiger charge is -2.35. The zero-order valence-corrected chi connectivity index (χ0v) is 19.8. The van der Waals surface area contributed by atoms with Crippen LogP contribution in [0.25, 0.3) is 10.9 Å². The smallest absolute Gasteiger partial charge is 0.410 e. The van der Waals surface area contributed by atoms with E-state index in [1.165, 1.54) is 17.0 Å². The summed E-state index contributed by atoms with van der Waals surface area (Å²) in [4.78, 5) is 18.1. The molecule has 1 unspecified atom stereocenters. The fraction of sp³-hybridized carbons (Fsp3) is 0.160. The van der Waals surface area contributed by atoms with Crippen LogP contribution in [0.15, 0.2) is 71.2 Å². The summed E-state index contributed by atoms with van der Waals surface area (Å²) in [6, 6.07) is 16.5. The minimum atomic E-state index is -4.45. The van der Waals surface area contributed by atoms with Gasteiger partial charge in [-0.3, -0.25) is 4.90 Å². The predicted molar refractivity (Wildman–Crippen MR) is 127 cm³/mol. The molecule has 1 aromatic heterocycles. The third-order valence-electron chi connectivity index (χ3n) is 5.90. The number of nitrogens with one attached hydrogen (secondary N) is 1. The van der Waals surface area contributed by atoms with Crippen LogP contribution in [0.4, 0.5) is 18.0 Å². The summed E-state index contributed by atoms with van der Waals surface area (Å²) in [6.45, 7) is 0.338.